The van der Waals surface area contributed by atoms with Crippen LogP contribution < -0.4 is 10.1 Å². The van der Waals surface area contributed by atoms with Gasteiger partial charge in [0.25, 0.3) is 11.6 Å². The molecule has 0 atom stereocenters. The average molecular weight is 361 g/mol. The Bertz CT molecular complexity index is 870. The lowest BCUT2D eigenvalue weighted by Crippen LogP contribution is -2.21. The quantitative estimate of drug-likeness (QED) is 0.474. The topological polar surface area (TPSA) is 132 Å². The first-order valence-corrected chi connectivity index (χ1v) is 7.61. The van der Waals surface area contributed by atoms with Crippen LogP contribution in [0.3, 0.4) is 0 Å². The van der Waals surface area contributed by atoms with E-state index < -0.39 is 23.4 Å². The molecule has 25 heavy (non-hydrogen) atoms. The van der Waals surface area contributed by atoms with Crippen molar-refractivity contribution in [1.82, 2.24) is 0 Å². The van der Waals surface area contributed by atoms with Gasteiger partial charge in [-0.2, -0.15) is 5.26 Å². The minimum absolute atomic E-state index is 0.0843. The van der Waals surface area contributed by atoms with Crippen LogP contribution in [-0.4, -0.2) is 30.5 Å². The van der Waals surface area contributed by atoms with Crippen molar-refractivity contribution in [1.29, 1.82) is 5.26 Å². The number of thiophene rings is 1. The van der Waals surface area contributed by atoms with Gasteiger partial charge in [0.2, 0.25) is 0 Å². The number of hydrogen-bond donors (Lipinski definition) is 1. The number of ether oxygens (including phenoxy) is 2. The van der Waals surface area contributed by atoms with E-state index in [1.807, 2.05) is 6.07 Å². The predicted octanol–water partition coefficient (Wildman–Crippen LogP) is 2.33. The Morgan fingerprint density at radius 1 is 1.40 bits per heavy atom. The first-order chi connectivity index (χ1) is 12.0. The van der Waals surface area contributed by atoms with Crippen LogP contribution in [0.15, 0.2) is 29.6 Å². The van der Waals surface area contributed by atoms with Gasteiger partial charge < -0.3 is 14.8 Å². The molecule has 10 heteroatoms. The molecule has 1 aromatic carbocycles. The van der Waals surface area contributed by atoms with E-state index in [2.05, 4.69) is 5.32 Å². The number of carbonyl (C=O) groups is 2. The van der Waals surface area contributed by atoms with Crippen LogP contribution in [0.4, 0.5) is 10.7 Å². The van der Waals surface area contributed by atoms with E-state index in [9.17, 15) is 19.7 Å². The van der Waals surface area contributed by atoms with Crippen molar-refractivity contribution in [3.63, 3.8) is 0 Å². The number of benzene rings is 1. The summed E-state index contributed by atoms with van der Waals surface area (Å²) in [6, 6.07) is 6.91. The largest absolute Gasteiger partial charge is 0.496 e. The lowest BCUT2D eigenvalue weighted by molar-refractivity contribution is -0.384. The Morgan fingerprint density at radius 3 is 2.80 bits per heavy atom. The molecule has 1 N–H and O–H groups in total. The Morgan fingerprint density at radius 2 is 2.16 bits per heavy atom. The summed E-state index contributed by atoms with van der Waals surface area (Å²) >= 11 is 1.15. The third-order valence-electron chi connectivity index (χ3n) is 2.99. The fraction of sp³-hybridized carbons (Fsp3) is 0.133. The number of nitrogens with one attached hydrogen (secondary N) is 1. The molecule has 0 bridgehead atoms. The third kappa shape index (κ3) is 4.30. The number of methoxy groups -OCH3 is 1. The van der Waals surface area contributed by atoms with Gasteiger partial charge in [-0.15, -0.1) is 11.3 Å². The highest BCUT2D eigenvalue weighted by molar-refractivity contribution is 7.14. The van der Waals surface area contributed by atoms with Gasteiger partial charge in [0, 0.05) is 12.1 Å². The summed E-state index contributed by atoms with van der Waals surface area (Å²) in [4.78, 5) is 34.0. The standard InChI is InChI=1S/C15H11N3O6S/c1-23-12-3-2-10(18(21)22)6-11(12)15(20)24-8-13(19)17-14-9(7-16)4-5-25-14/h2-6H,8H2,1H3,(H,17,19). The number of hydrogen-bond acceptors (Lipinski definition) is 8. The molecule has 0 saturated carbocycles. The van der Waals surface area contributed by atoms with Crippen molar-refractivity contribution in [2.24, 2.45) is 0 Å². The number of esters is 1. The first kappa shape index (κ1) is 17.9. The lowest BCUT2D eigenvalue weighted by Gasteiger charge is -2.08. The normalized spacial score (nSPS) is 9.76. The van der Waals surface area contributed by atoms with E-state index in [0.717, 1.165) is 17.4 Å². The molecule has 0 unspecified atom stereocenters. The van der Waals surface area contributed by atoms with E-state index in [1.165, 1.54) is 19.2 Å². The van der Waals surface area contributed by atoms with E-state index in [4.69, 9.17) is 14.7 Å². The van der Waals surface area contributed by atoms with Gasteiger partial charge >= 0.3 is 5.97 Å². The van der Waals surface area contributed by atoms with Crippen molar-refractivity contribution < 1.29 is 24.0 Å². The molecule has 0 aliphatic heterocycles. The van der Waals surface area contributed by atoms with Crippen LogP contribution in [-0.2, 0) is 9.53 Å². The second-order valence-corrected chi connectivity index (χ2v) is 5.46. The molecule has 0 spiro atoms. The molecule has 1 aromatic heterocycles. The fourth-order valence-corrected chi connectivity index (χ4v) is 2.59. The van der Waals surface area contributed by atoms with E-state index in [0.29, 0.717) is 10.6 Å². The molecule has 0 aliphatic carbocycles. The molecule has 128 valence electrons. The molecule has 0 fully saturated rings. The number of carbonyl (C=O) groups excluding carboxylic acids is 2. The molecule has 9 nitrogen and oxygen atoms in total. The Hall–Kier alpha value is -3.45. The number of anilines is 1. The van der Waals surface area contributed by atoms with Gasteiger partial charge in [0.15, 0.2) is 6.61 Å². The molecular weight excluding hydrogens is 350 g/mol. The highest BCUT2D eigenvalue weighted by Crippen LogP contribution is 2.25. The molecule has 0 aliphatic rings. The van der Waals surface area contributed by atoms with Crippen molar-refractivity contribution in [3.8, 4) is 11.8 Å². The van der Waals surface area contributed by atoms with E-state index in [1.54, 1.807) is 11.4 Å². The van der Waals surface area contributed by atoms with Gasteiger partial charge in [0.05, 0.1) is 17.6 Å². The Balaban J connectivity index is 2.05. The van der Waals surface area contributed by atoms with Crippen molar-refractivity contribution in [2.45, 2.75) is 0 Å². The highest BCUT2D eigenvalue weighted by atomic mass is 32.1. The highest BCUT2D eigenvalue weighted by Gasteiger charge is 2.20. The smallest absolute Gasteiger partial charge is 0.342 e. The predicted molar refractivity (Wildman–Crippen MR) is 87.6 cm³/mol. The second-order valence-electron chi connectivity index (χ2n) is 4.54. The summed E-state index contributed by atoms with van der Waals surface area (Å²) < 4.78 is 9.82. The summed E-state index contributed by atoms with van der Waals surface area (Å²) in [5, 5.41) is 24.1. The Labute approximate surface area is 145 Å². The van der Waals surface area contributed by atoms with Crippen molar-refractivity contribution >= 4 is 33.9 Å². The summed E-state index contributed by atoms with van der Waals surface area (Å²) in [5.41, 5.74) is -0.183. The minimum atomic E-state index is -0.942. The van der Waals surface area contributed by atoms with Crippen LogP contribution in [0.1, 0.15) is 15.9 Å². The zero-order valence-electron chi connectivity index (χ0n) is 12.8. The molecule has 0 radical (unpaired) electrons. The second kappa shape index (κ2) is 7.89. The van der Waals surface area contributed by atoms with Gasteiger partial charge in [-0.1, -0.05) is 0 Å². The van der Waals surface area contributed by atoms with Gasteiger partial charge in [-0.3, -0.25) is 14.9 Å². The molecule has 0 saturated heterocycles. The Kier molecular flexibility index (Phi) is 5.65. The van der Waals surface area contributed by atoms with Crippen LogP contribution >= 0.6 is 11.3 Å². The van der Waals surface area contributed by atoms with E-state index >= 15 is 0 Å². The van der Waals surface area contributed by atoms with Crippen LogP contribution in [0.2, 0.25) is 0 Å². The van der Waals surface area contributed by atoms with Crippen LogP contribution in [0.25, 0.3) is 0 Å². The third-order valence-corrected chi connectivity index (χ3v) is 3.82. The summed E-state index contributed by atoms with van der Waals surface area (Å²) in [5.74, 6) is -1.50. The maximum atomic E-state index is 12.1. The number of amides is 1. The summed E-state index contributed by atoms with van der Waals surface area (Å²) in [7, 11) is 1.30. The zero-order valence-corrected chi connectivity index (χ0v) is 13.7. The number of nitriles is 1. The molecule has 1 heterocycles. The number of nitro groups is 1. The monoisotopic (exact) mass is 361 g/mol. The van der Waals surface area contributed by atoms with Crippen LogP contribution in [0, 0.1) is 21.4 Å². The minimum Gasteiger partial charge on any atom is -0.496 e. The number of nitro benzene ring substituents is 1. The molecular formula is C15H11N3O6S. The fourth-order valence-electron chi connectivity index (χ4n) is 1.83. The molecule has 2 aromatic rings. The van der Waals surface area contributed by atoms with Gasteiger partial charge in [-0.05, 0) is 17.5 Å². The number of rotatable bonds is 6. The zero-order chi connectivity index (χ0) is 18.4. The van der Waals surface area contributed by atoms with Gasteiger partial charge in [0.1, 0.15) is 22.4 Å². The molecule has 2 rings (SSSR count). The maximum absolute atomic E-state index is 12.1. The molecule has 1 amide bonds. The maximum Gasteiger partial charge on any atom is 0.342 e. The van der Waals surface area contributed by atoms with Crippen molar-refractivity contribution in [3.05, 3.63) is 50.9 Å². The summed E-state index contributed by atoms with van der Waals surface area (Å²) in [6.07, 6.45) is 0. The summed E-state index contributed by atoms with van der Waals surface area (Å²) in [6.45, 7) is -0.618. The SMILES string of the molecule is COc1ccc([N+](=O)[O-])cc1C(=O)OCC(=O)Nc1sccc1C#N. The average Bonchev–Trinajstić information content (AvgIpc) is 3.05. The number of nitrogens with zero attached hydrogens (tertiary/aromatic N) is 2. The van der Waals surface area contributed by atoms with Crippen molar-refractivity contribution in [2.75, 3.05) is 19.0 Å². The van der Waals surface area contributed by atoms with Gasteiger partial charge in [-0.25, -0.2) is 4.79 Å². The number of non-ortho nitro benzene ring substituents is 1. The first-order valence-electron chi connectivity index (χ1n) is 6.73. The van der Waals surface area contributed by atoms with E-state index in [-0.39, 0.29) is 17.0 Å². The lowest BCUT2D eigenvalue weighted by atomic mass is 10.2. The van der Waals surface area contributed by atoms with Crippen LogP contribution in [0.5, 0.6) is 5.75 Å².